The number of carbonyl (C=O) groups excluding carboxylic acids is 2. The number of nitrogen functional groups attached to an aromatic ring is 1. The molecule has 3 N–H and O–H groups in total. The Morgan fingerprint density at radius 1 is 1.12 bits per heavy atom. The maximum atomic E-state index is 13.2. The van der Waals surface area contributed by atoms with E-state index in [0.29, 0.717) is 35.8 Å². The minimum atomic E-state index is -0.466. The minimum absolute atomic E-state index is 0.00484. The highest BCUT2D eigenvalue weighted by molar-refractivity contribution is 6.32. The SMILES string of the molecule is Nc1cc(F)ccc1NC(=O)c1ccc(CN2CCC/C(=C\c3ccccc3Cl)C2=O)cc1. The average molecular weight is 464 g/mol. The summed E-state index contributed by atoms with van der Waals surface area (Å²) in [6.07, 6.45) is 3.46. The van der Waals surface area contributed by atoms with Crippen LogP contribution in [0.5, 0.6) is 0 Å². The van der Waals surface area contributed by atoms with Crippen molar-refractivity contribution in [1.82, 2.24) is 4.90 Å². The molecule has 1 saturated heterocycles. The zero-order valence-electron chi connectivity index (χ0n) is 17.9. The van der Waals surface area contributed by atoms with Gasteiger partial charge in [-0.25, -0.2) is 4.39 Å². The molecule has 168 valence electrons. The lowest BCUT2D eigenvalue weighted by atomic mass is 10.00. The summed E-state index contributed by atoms with van der Waals surface area (Å²) in [4.78, 5) is 27.3. The number of piperidine rings is 1. The minimum Gasteiger partial charge on any atom is -0.397 e. The largest absolute Gasteiger partial charge is 0.397 e. The second-order valence-electron chi connectivity index (χ2n) is 7.90. The molecule has 4 rings (SSSR count). The number of nitrogens with one attached hydrogen (secondary N) is 1. The molecular weight excluding hydrogens is 441 g/mol. The molecule has 0 aliphatic carbocycles. The molecule has 3 aromatic carbocycles. The summed E-state index contributed by atoms with van der Waals surface area (Å²) in [5, 5.41) is 3.30. The Bertz CT molecular complexity index is 1220. The molecule has 5 nitrogen and oxygen atoms in total. The topological polar surface area (TPSA) is 75.4 Å². The zero-order chi connectivity index (χ0) is 23.4. The van der Waals surface area contributed by atoms with Crippen LogP contribution in [0.3, 0.4) is 0 Å². The number of amides is 2. The van der Waals surface area contributed by atoms with Crippen molar-refractivity contribution < 1.29 is 14.0 Å². The highest BCUT2D eigenvalue weighted by Gasteiger charge is 2.23. The lowest BCUT2D eigenvalue weighted by molar-refractivity contribution is -0.129. The molecule has 0 bridgehead atoms. The number of nitrogens with zero attached hydrogens (tertiary/aromatic N) is 1. The van der Waals surface area contributed by atoms with Gasteiger partial charge in [0, 0.05) is 29.2 Å². The molecule has 0 radical (unpaired) electrons. The molecular formula is C26H23ClFN3O2. The molecule has 1 aliphatic rings. The van der Waals surface area contributed by atoms with Crippen molar-refractivity contribution >= 4 is 40.9 Å². The summed E-state index contributed by atoms with van der Waals surface area (Å²) in [5.41, 5.74) is 9.19. The van der Waals surface area contributed by atoms with Gasteiger partial charge in [-0.15, -0.1) is 0 Å². The average Bonchev–Trinajstić information content (AvgIpc) is 2.80. The van der Waals surface area contributed by atoms with Gasteiger partial charge in [0.25, 0.3) is 5.91 Å². The van der Waals surface area contributed by atoms with Crippen LogP contribution in [0.1, 0.15) is 34.3 Å². The van der Waals surface area contributed by atoms with Crippen LogP contribution >= 0.6 is 11.6 Å². The van der Waals surface area contributed by atoms with Crippen LogP contribution in [0, 0.1) is 5.82 Å². The van der Waals surface area contributed by atoms with E-state index in [-0.39, 0.29) is 17.5 Å². The van der Waals surface area contributed by atoms with Crippen molar-refractivity contribution in [3.8, 4) is 0 Å². The standard InChI is InChI=1S/C26H23ClFN3O2/c27-22-6-2-1-4-19(22)14-20-5-3-13-31(26(20)33)16-17-7-9-18(10-8-17)25(32)30-24-12-11-21(28)15-23(24)29/h1-2,4,6-12,14-15H,3,5,13,16,29H2,(H,30,32)/b20-14+. The summed E-state index contributed by atoms with van der Waals surface area (Å²) in [5.74, 6) is -0.819. The zero-order valence-corrected chi connectivity index (χ0v) is 18.6. The van der Waals surface area contributed by atoms with E-state index in [1.165, 1.54) is 12.1 Å². The van der Waals surface area contributed by atoms with Gasteiger partial charge in [0.15, 0.2) is 0 Å². The molecule has 0 spiro atoms. The van der Waals surface area contributed by atoms with Crippen molar-refractivity contribution in [2.24, 2.45) is 0 Å². The van der Waals surface area contributed by atoms with E-state index in [1.807, 2.05) is 36.4 Å². The lowest BCUT2D eigenvalue weighted by Gasteiger charge is -2.28. The number of rotatable bonds is 5. The molecule has 3 aromatic rings. The van der Waals surface area contributed by atoms with Gasteiger partial charge in [-0.2, -0.15) is 0 Å². The van der Waals surface area contributed by atoms with E-state index in [1.54, 1.807) is 23.1 Å². The van der Waals surface area contributed by atoms with Gasteiger partial charge in [-0.3, -0.25) is 9.59 Å². The van der Waals surface area contributed by atoms with E-state index in [4.69, 9.17) is 17.3 Å². The first-order valence-electron chi connectivity index (χ1n) is 10.6. The number of anilines is 2. The number of likely N-dealkylation sites (tertiary alicyclic amines) is 1. The van der Waals surface area contributed by atoms with Crippen molar-refractivity contribution in [3.05, 3.63) is 99.8 Å². The predicted octanol–water partition coefficient (Wildman–Crippen LogP) is 5.52. The second-order valence-corrected chi connectivity index (χ2v) is 8.31. The van der Waals surface area contributed by atoms with Crippen LogP contribution in [0.2, 0.25) is 5.02 Å². The maximum Gasteiger partial charge on any atom is 0.255 e. The third kappa shape index (κ3) is 5.41. The highest BCUT2D eigenvalue weighted by atomic mass is 35.5. The first kappa shape index (κ1) is 22.6. The number of hydrogen-bond acceptors (Lipinski definition) is 3. The highest BCUT2D eigenvalue weighted by Crippen LogP contribution is 2.25. The van der Waals surface area contributed by atoms with Gasteiger partial charge in [0.05, 0.1) is 11.4 Å². The Kier molecular flexibility index (Phi) is 6.75. The van der Waals surface area contributed by atoms with Gasteiger partial charge in [0.1, 0.15) is 5.82 Å². The van der Waals surface area contributed by atoms with Gasteiger partial charge in [0.2, 0.25) is 5.91 Å². The van der Waals surface area contributed by atoms with Gasteiger partial charge in [-0.05, 0) is 66.4 Å². The molecule has 1 aliphatic heterocycles. The normalized spacial score (nSPS) is 15.0. The van der Waals surface area contributed by atoms with Crippen LogP contribution in [-0.2, 0) is 11.3 Å². The first-order chi connectivity index (χ1) is 15.9. The maximum absolute atomic E-state index is 13.2. The van der Waals surface area contributed by atoms with Gasteiger partial charge >= 0.3 is 0 Å². The Morgan fingerprint density at radius 2 is 1.88 bits per heavy atom. The first-order valence-corrected chi connectivity index (χ1v) is 11.0. The molecule has 7 heteroatoms. The van der Waals surface area contributed by atoms with Crippen LogP contribution in [0.25, 0.3) is 6.08 Å². The Balaban J connectivity index is 1.42. The summed E-state index contributed by atoms with van der Waals surface area (Å²) < 4.78 is 13.2. The molecule has 1 fully saturated rings. The Morgan fingerprint density at radius 3 is 2.61 bits per heavy atom. The fraction of sp³-hybridized carbons (Fsp3) is 0.154. The Hall–Kier alpha value is -3.64. The fourth-order valence-corrected chi connectivity index (χ4v) is 3.95. The summed E-state index contributed by atoms with van der Waals surface area (Å²) in [7, 11) is 0. The fourth-order valence-electron chi connectivity index (χ4n) is 3.76. The monoisotopic (exact) mass is 463 g/mol. The predicted molar refractivity (Wildman–Crippen MR) is 129 cm³/mol. The number of halogens is 2. The summed E-state index contributed by atoms with van der Waals surface area (Å²) in [6, 6.07) is 18.3. The van der Waals surface area contributed by atoms with E-state index in [2.05, 4.69) is 5.32 Å². The number of carbonyl (C=O) groups is 2. The quantitative estimate of drug-likeness (QED) is 0.386. The third-order valence-corrected chi connectivity index (χ3v) is 5.87. The van der Waals surface area contributed by atoms with E-state index in [0.717, 1.165) is 29.2 Å². The Labute approximate surface area is 196 Å². The van der Waals surface area contributed by atoms with Crippen molar-refractivity contribution in [2.75, 3.05) is 17.6 Å². The molecule has 33 heavy (non-hydrogen) atoms. The van der Waals surface area contributed by atoms with Gasteiger partial charge < -0.3 is 16.0 Å². The number of nitrogens with two attached hydrogens (primary N) is 1. The molecule has 0 atom stereocenters. The van der Waals surface area contributed by atoms with Crippen LogP contribution in [0.15, 0.2) is 72.3 Å². The van der Waals surface area contributed by atoms with Gasteiger partial charge in [-0.1, -0.05) is 41.9 Å². The molecule has 0 unspecified atom stereocenters. The molecule has 2 amide bonds. The van der Waals surface area contributed by atoms with E-state index >= 15 is 0 Å². The second kappa shape index (κ2) is 9.88. The molecule has 0 saturated carbocycles. The number of hydrogen-bond donors (Lipinski definition) is 2. The third-order valence-electron chi connectivity index (χ3n) is 5.52. The number of benzene rings is 3. The van der Waals surface area contributed by atoms with Crippen LogP contribution in [0.4, 0.5) is 15.8 Å². The van der Waals surface area contributed by atoms with E-state index < -0.39 is 5.82 Å². The van der Waals surface area contributed by atoms with Crippen molar-refractivity contribution in [1.29, 1.82) is 0 Å². The van der Waals surface area contributed by atoms with Crippen molar-refractivity contribution in [2.45, 2.75) is 19.4 Å². The smallest absolute Gasteiger partial charge is 0.255 e. The van der Waals surface area contributed by atoms with Crippen LogP contribution in [-0.4, -0.2) is 23.3 Å². The summed E-state index contributed by atoms with van der Waals surface area (Å²) >= 11 is 6.24. The molecule has 1 heterocycles. The van der Waals surface area contributed by atoms with Crippen LogP contribution < -0.4 is 11.1 Å². The molecule has 0 aromatic heterocycles. The van der Waals surface area contributed by atoms with E-state index in [9.17, 15) is 14.0 Å². The van der Waals surface area contributed by atoms with Crippen molar-refractivity contribution in [3.63, 3.8) is 0 Å². The lowest BCUT2D eigenvalue weighted by Crippen LogP contribution is -2.36. The summed E-state index contributed by atoms with van der Waals surface area (Å²) in [6.45, 7) is 1.12.